The van der Waals surface area contributed by atoms with Gasteiger partial charge in [0.05, 0.1) is 29.9 Å². The zero-order chi connectivity index (χ0) is 17.9. The minimum Gasteiger partial charge on any atom is -0.394 e. The minimum absolute atomic E-state index is 0.0834. The zero-order valence-corrected chi connectivity index (χ0v) is 14.5. The van der Waals surface area contributed by atoms with E-state index >= 15 is 0 Å². The molecule has 1 atom stereocenters. The first kappa shape index (κ1) is 16.5. The third-order valence-corrected chi connectivity index (χ3v) is 4.38. The van der Waals surface area contributed by atoms with E-state index in [0.29, 0.717) is 16.5 Å². The third-order valence-electron chi connectivity index (χ3n) is 4.13. The molecule has 2 heterocycles. The summed E-state index contributed by atoms with van der Waals surface area (Å²) in [5, 5.41) is 19.0. The van der Waals surface area contributed by atoms with Crippen LogP contribution in [-0.4, -0.2) is 31.5 Å². The van der Waals surface area contributed by atoms with Gasteiger partial charge in [-0.3, -0.25) is 0 Å². The van der Waals surface area contributed by atoms with Gasteiger partial charge >= 0.3 is 0 Å². The van der Waals surface area contributed by atoms with Crippen LogP contribution in [0.2, 0.25) is 5.02 Å². The highest BCUT2D eigenvalue weighted by Crippen LogP contribution is 2.26. The van der Waals surface area contributed by atoms with Crippen LogP contribution in [0.3, 0.4) is 0 Å². The fourth-order valence-corrected chi connectivity index (χ4v) is 2.94. The summed E-state index contributed by atoms with van der Waals surface area (Å²) in [5.74, 6) is 0.617. The average molecular weight is 366 g/mol. The molecule has 4 aromatic rings. The highest BCUT2D eigenvalue weighted by molar-refractivity contribution is 6.30. The third kappa shape index (κ3) is 3.12. The first-order valence-corrected chi connectivity index (χ1v) is 8.51. The van der Waals surface area contributed by atoms with Crippen molar-refractivity contribution in [2.24, 2.45) is 0 Å². The molecule has 2 aromatic heterocycles. The lowest BCUT2D eigenvalue weighted by atomic mass is 10.1. The van der Waals surface area contributed by atoms with Crippen LogP contribution in [0.4, 0.5) is 5.82 Å². The van der Waals surface area contributed by atoms with Gasteiger partial charge < -0.3 is 10.4 Å². The number of nitrogens with zero attached hydrogens (tertiary/aromatic N) is 4. The smallest absolute Gasteiger partial charge is 0.168 e. The Morgan fingerprint density at radius 3 is 2.54 bits per heavy atom. The van der Waals surface area contributed by atoms with Gasteiger partial charge in [-0.25, -0.2) is 14.6 Å². The van der Waals surface area contributed by atoms with Crippen molar-refractivity contribution in [1.29, 1.82) is 0 Å². The van der Waals surface area contributed by atoms with Gasteiger partial charge in [0.25, 0.3) is 0 Å². The van der Waals surface area contributed by atoms with E-state index < -0.39 is 0 Å². The van der Waals surface area contributed by atoms with Gasteiger partial charge in [0, 0.05) is 5.02 Å². The first-order valence-electron chi connectivity index (χ1n) is 8.13. The summed E-state index contributed by atoms with van der Waals surface area (Å²) < 4.78 is 1.76. The van der Waals surface area contributed by atoms with Crippen LogP contribution < -0.4 is 5.32 Å². The lowest BCUT2D eigenvalue weighted by molar-refractivity contribution is 0.276. The Labute approximate surface area is 155 Å². The van der Waals surface area contributed by atoms with Crippen molar-refractivity contribution < 1.29 is 5.11 Å². The van der Waals surface area contributed by atoms with Crippen molar-refractivity contribution in [2.45, 2.75) is 6.04 Å². The monoisotopic (exact) mass is 365 g/mol. The molecule has 0 amide bonds. The highest BCUT2D eigenvalue weighted by Gasteiger charge is 2.15. The molecule has 0 saturated carbocycles. The van der Waals surface area contributed by atoms with E-state index in [1.807, 2.05) is 42.5 Å². The summed E-state index contributed by atoms with van der Waals surface area (Å²) >= 11 is 5.94. The minimum atomic E-state index is -0.314. The second-order valence-electron chi connectivity index (χ2n) is 5.78. The first-order chi connectivity index (χ1) is 12.8. The average Bonchev–Trinajstić information content (AvgIpc) is 3.12. The number of benzene rings is 2. The molecule has 0 aliphatic carbocycles. The van der Waals surface area contributed by atoms with E-state index in [1.54, 1.807) is 23.0 Å². The number of aliphatic hydroxyl groups is 1. The van der Waals surface area contributed by atoms with Crippen LogP contribution in [-0.2, 0) is 0 Å². The number of anilines is 1. The molecule has 2 N–H and O–H groups in total. The Balaban J connectivity index is 1.71. The van der Waals surface area contributed by atoms with Gasteiger partial charge in [0.15, 0.2) is 5.65 Å². The van der Waals surface area contributed by atoms with Gasteiger partial charge in [-0.1, -0.05) is 41.9 Å². The van der Waals surface area contributed by atoms with Gasteiger partial charge in [-0.15, -0.1) is 0 Å². The molecular formula is C19H16ClN5O. The zero-order valence-electron chi connectivity index (χ0n) is 13.7. The fourth-order valence-electron chi connectivity index (χ4n) is 2.81. The van der Waals surface area contributed by atoms with Crippen molar-refractivity contribution in [3.05, 3.63) is 77.7 Å². The van der Waals surface area contributed by atoms with Gasteiger partial charge in [0.1, 0.15) is 12.1 Å². The number of aliphatic hydroxyl groups excluding tert-OH is 1. The molecule has 7 heteroatoms. The van der Waals surface area contributed by atoms with Crippen LogP contribution in [0, 0.1) is 0 Å². The van der Waals surface area contributed by atoms with Crippen molar-refractivity contribution in [3.8, 4) is 5.69 Å². The van der Waals surface area contributed by atoms with Gasteiger partial charge in [-0.2, -0.15) is 5.10 Å². The number of hydrogen-bond donors (Lipinski definition) is 2. The summed E-state index contributed by atoms with van der Waals surface area (Å²) in [4.78, 5) is 8.70. The van der Waals surface area contributed by atoms with E-state index in [1.165, 1.54) is 6.33 Å². The molecule has 2 aromatic carbocycles. The lowest BCUT2D eigenvalue weighted by Crippen LogP contribution is -2.16. The summed E-state index contributed by atoms with van der Waals surface area (Å²) in [7, 11) is 0. The molecule has 0 aliphatic heterocycles. The Bertz CT molecular complexity index is 1020. The Morgan fingerprint density at radius 2 is 1.81 bits per heavy atom. The normalized spacial score (nSPS) is 12.2. The van der Waals surface area contributed by atoms with Gasteiger partial charge in [-0.05, 0) is 29.8 Å². The number of halogens is 1. The Morgan fingerprint density at radius 1 is 1.04 bits per heavy atom. The van der Waals surface area contributed by atoms with Crippen LogP contribution in [0.25, 0.3) is 16.7 Å². The topological polar surface area (TPSA) is 75.9 Å². The van der Waals surface area contributed by atoms with Crippen molar-refractivity contribution in [2.75, 3.05) is 11.9 Å². The summed E-state index contributed by atoms with van der Waals surface area (Å²) in [6.45, 7) is -0.0834. The second-order valence-corrected chi connectivity index (χ2v) is 6.22. The molecule has 0 spiro atoms. The summed E-state index contributed by atoms with van der Waals surface area (Å²) in [5.41, 5.74) is 2.53. The Hall–Kier alpha value is -2.96. The maximum absolute atomic E-state index is 9.81. The molecule has 0 saturated heterocycles. The highest BCUT2D eigenvalue weighted by atomic mass is 35.5. The van der Waals surface area contributed by atoms with Crippen LogP contribution in [0.15, 0.2) is 67.1 Å². The van der Waals surface area contributed by atoms with Crippen LogP contribution >= 0.6 is 11.6 Å². The lowest BCUT2D eigenvalue weighted by Gasteiger charge is -2.17. The summed E-state index contributed by atoms with van der Waals surface area (Å²) in [6, 6.07) is 16.8. The number of para-hydroxylation sites is 1. The Kier molecular flexibility index (Phi) is 4.51. The maximum atomic E-state index is 9.81. The molecule has 4 rings (SSSR count). The van der Waals surface area contributed by atoms with Crippen molar-refractivity contribution in [3.63, 3.8) is 0 Å². The number of aromatic nitrogens is 4. The van der Waals surface area contributed by atoms with E-state index in [4.69, 9.17) is 11.6 Å². The predicted molar refractivity (Wildman–Crippen MR) is 102 cm³/mol. The van der Waals surface area contributed by atoms with Gasteiger partial charge in [0.2, 0.25) is 0 Å². The molecule has 6 nitrogen and oxygen atoms in total. The quantitative estimate of drug-likeness (QED) is 0.565. The van der Waals surface area contributed by atoms with Crippen LogP contribution in [0.1, 0.15) is 11.6 Å². The summed E-state index contributed by atoms with van der Waals surface area (Å²) in [6.07, 6.45) is 3.21. The van der Waals surface area contributed by atoms with E-state index in [0.717, 1.165) is 16.6 Å². The molecule has 0 radical (unpaired) electrons. The van der Waals surface area contributed by atoms with Crippen LogP contribution in [0.5, 0.6) is 0 Å². The largest absolute Gasteiger partial charge is 0.394 e. The molecule has 0 aliphatic rings. The molecule has 130 valence electrons. The second kappa shape index (κ2) is 7.11. The number of fused-ring (bicyclic) bond motifs is 1. The van der Waals surface area contributed by atoms with E-state index in [2.05, 4.69) is 20.4 Å². The number of hydrogen-bond acceptors (Lipinski definition) is 5. The molecule has 0 fully saturated rings. The van der Waals surface area contributed by atoms with Crippen molar-refractivity contribution >= 4 is 28.5 Å². The molecule has 1 unspecified atom stereocenters. The molecule has 0 bridgehead atoms. The maximum Gasteiger partial charge on any atom is 0.168 e. The van der Waals surface area contributed by atoms with Crippen molar-refractivity contribution in [1.82, 2.24) is 19.7 Å². The van der Waals surface area contributed by atoms with E-state index in [9.17, 15) is 5.11 Å². The molecular weight excluding hydrogens is 350 g/mol. The SMILES string of the molecule is OCC(Nc1ncnc2c1cnn2-c1ccccc1)c1ccc(Cl)cc1. The predicted octanol–water partition coefficient (Wildman–Crippen LogP) is 3.61. The van der Waals surface area contributed by atoms with E-state index in [-0.39, 0.29) is 12.6 Å². The standard InChI is InChI=1S/C19H16ClN5O/c20-14-8-6-13(7-9-14)17(11-26)24-18-16-10-23-25(19(16)22-12-21-18)15-4-2-1-3-5-15/h1-10,12,17,26H,11H2,(H,21,22,24). The molecule has 26 heavy (non-hydrogen) atoms. The number of rotatable bonds is 5. The number of nitrogens with one attached hydrogen (secondary N) is 1. The fraction of sp³-hybridized carbons (Fsp3) is 0.105.